The third-order valence-electron chi connectivity index (χ3n) is 4.80. The Balaban J connectivity index is 2.63. The SMILES string of the molecule is CCC1CCC(CNC(C)C)(OC(C)C(C)C)CC1. The van der Waals surface area contributed by atoms with Gasteiger partial charge in [-0.15, -0.1) is 0 Å². The van der Waals surface area contributed by atoms with Gasteiger partial charge in [0.05, 0.1) is 11.7 Å². The predicted molar refractivity (Wildman–Crippen MR) is 83.5 cm³/mol. The van der Waals surface area contributed by atoms with Crippen molar-refractivity contribution in [3.8, 4) is 0 Å². The first-order valence-electron chi connectivity index (χ1n) is 8.29. The van der Waals surface area contributed by atoms with Crippen LogP contribution in [0.5, 0.6) is 0 Å². The Bertz CT molecular complexity index is 242. The summed E-state index contributed by atoms with van der Waals surface area (Å²) in [5, 5.41) is 3.61. The van der Waals surface area contributed by atoms with Gasteiger partial charge in [0, 0.05) is 12.6 Å². The third kappa shape index (κ3) is 5.43. The first-order valence-corrected chi connectivity index (χ1v) is 8.29. The van der Waals surface area contributed by atoms with E-state index in [4.69, 9.17) is 4.74 Å². The Kier molecular flexibility index (Phi) is 6.82. The average molecular weight is 269 g/mol. The van der Waals surface area contributed by atoms with Crippen LogP contribution in [-0.4, -0.2) is 24.3 Å². The normalized spacial score (nSPS) is 30.0. The maximum atomic E-state index is 6.52. The molecule has 1 aliphatic carbocycles. The van der Waals surface area contributed by atoms with Gasteiger partial charge in [0.2, 0.25) is 0 Å². The number of nitrogens with one attached hydrogen (secondary N) is 1. The second kappa shape index (κ2) is 7.64. The highest BCUT2D eigenvalue weighted by Crippen LogP contribution is 2.37. The maximum absolute atomic E-state index is 6.52. The van der Waals surface area contributed by atoms with E-state index in [9.17, 15) is 0 Å². The van der Waals surface area contributed by atoms with E-state index in [2.05, 4.69) is 46.9 Å². The molecule has 2 heteroatoms. The van der Waals surface area contributed by atoms with Gasteiger partial charge in [0.15, 0.2) is 0 Å². The van der Waals surface area contributed by atoms with Crippen LogP contribution in [0, 0.1) is 11.8 Å². The van der Waals surface area contributed by atoms with Gasteiger partial charge in [0.25, 0.3) is 0 Å². The summed E-state index contributed by atoms with van der Waals surface area (Å²) in [6, 6.07) is 0.540. The highest BCUT2D eigenvalue weighted by Gasteiger charge is 2.37. The van der Waals surface area contributed by atoms with Crippen LogP contribution in [0.1, 0.15) is 73.6 Å². The van der Waals surface area contributed by atoms with Crippen molar-refractivity contribution in [1.82, 2.24) is 5.32 Å². The molecular weight excluding hydrogens is 234 g/mol. The van der Waals surface area contributed by atoms with E-state index in [1.807, 2.05) is 0 Å². The van der Waals surface area contributed by atoms with Gasteiger partial charge in [-0.25, -0.2) is 0 Å². The minimum atomic E-state index is 0.0830. The molecule has 2 nitrogen and oxygen atoms in total. The maximum Gasteiger partial charge on any atom is 0.0810 e. The molecule has 1 atom stereocenters. The van der Waals surface area contributed by atoms with Gasteiger partial charge >= 0.3 is 0 Å². The molecule has 0 heterocycles. The van der Waals surface area contributed by atoms with Crippen LogP contribution in [-0.2, 0) is 4.74 Å². The van der Waals surface area contributed by atoms with Crippen molar-refractivity contribution in [2.75, 3.05) is 6.54 Å². The standard InChI is InChI=1S/C17H35NO/c1-7-16-8-10-17(11-9-16,12-18-14(4)5)19-15(6)13(2)3/h13-16,18H,7-12H2,1-6H3. The zero-order chi connectivity index (χ0) is 14.5. The highest BCUT2D eigenvalue weighted by atomic mass is 16.5. The van der Waals surface area contributed by atoms with E-state index < -0.39 is 0 Å². The molecule has 0 saturated heterocycles. The smallest absolute Gasteiger partial charge is 0.0810 e. The minimum Gasteiger partial charge on any atom is -0.370 e. The van der Waals surface area contributed by atoms with Crippen LogP contribution in [0.3, 0.4) is 0 Å². The lowest BCUT2D eigenvalue weighted by molar-refractivity contribution is -0.125. The molecule has 0 amide bonds. The molecule has 1 saturated carbocycles. The number of rotatable bonds is 7. The lowest BCUT2D eigenvalue weighted by Gasteiger charge is -2.43. The summed E-state index contributed by atoms with van der Waals surface area (Å²) in [6.45, 7) is 14.5. The van der Waals surface area contributed by atoms with Crippen molar-refractivity contribution in [1.29, 1.82) is 0 Å². The number of hydrogen-bond donors (Lipinski definition) is 1. The zero-order valence-corrected chi connectivity index (χ0v) is 14.0. The average Bonchev–Trinajstić information content (AvgIpc) is 2.37. The van der Waals surface area contributed by atoms with E-state index in [1.165, 1.54) is 32.1 Å². The van der Waals surface area contributed by atoms with Crippen LogP contribution in [0.15, 0.2) is 0 Å². The van der Waals surface area contributed by atoms with Crippen molar-refractivity contribution in [2.45, 2.75) is 91.4 Å². The van der Waals surface area contributed by atoms with Crippen molar-refractivity contribution in [3.63, 3.8) is 0 Å². The molecule has 1 aliphatic rings. The first kappa shape index (κ1) is 17.0. The topological polar surface area (TPSA) is 21.3 Å². The summed E-state index contributed by atoms with van der Waals surface area (Å²) in [5.74, 6) is 1.52. The zero-order valence-electron chi connectivity index (χ0n) is 14.0. The van der Waals surface area contributed by atoms with Gasteiger partial charge in [-0.05, 0) is 44.4 Å². The van der Waals surface area contributed by atoms with Gasteiger partial charge in [-0.1, -0.05) is 41.0 Å². The summed E-state index contributed by atoms with van der Waals surface area (Å²) in [6.07, 6.45) is 6.80. The van der Waals surface area contributed by atoms with Gasteiger partial charge < -0.3 is 10.1 Å². The molecule has 0 aliphatic heterocycles. The van der Waals surface area contributed by atoms with Crippen LogP contribution in [0.25, 0.3) is 0 Å². The summed E-state index contributed by atoms with van der Waals surface area (Å²) >= 11 is 0. The molecular formula is C17H35NO. The second-order valence-corrected chi connectivity index (χ2v) is 7.14. The summed E-state index contributed by atoms with van der Waals surface area (Å²) in [4.78, 5) is 0. The van der Waals surface area contributed by atoms with E-state index in [1.54, 1.807) is 0 Å². The molecule has 0 spiro atoms. The van der Waals surface area contributed by atoms with Crippen LogP contribution >= 0.6 is 0 Å². The quantitative estimate of drug-likeness (QED) is 0.740. The van der Waals surface area contributed by atoms with Gasteiger partial charge in [-0.3, -0.25) is 0 Å². The molecule has 19 heavy (non-hydrogen) atoms. The molecule has 0 bridgehead atoms. The monoisotopic (exact) mass is 269 g/mol. The van der Waals surface area contributed by atoms with Crippen molar-refractivity contribution < 1.29 is 4.74 Å². The Morgan fingerprint density at radius 3 is 2.11 bits per heavy atom. The second-order valence-electron chi connectivity index (χ2n) is 7.14. The Labute approximate surface area is 120 Å². The summed E-state index contributed by atoms with van der Waals surface area (Å²) in [5.41, 5.74) is 0.0830. The lowest BCUT2D eigenvalue weighted by atomic mass is 9.77. The molecule has 114 valence electrons. The van der Waals surface area contributed by atoms with Gasteiger partial charge in [0.1, 0.15) is 0 Å². The molecule has 1 fully saturated rings. The third-order valence-corrected chi connectivity index (χ3v) is 4.80. The van der Waals surface area contributed by atoms with Crippen LogP contribution in [0.2, 0.25) is 0 Å². The van der Waals surface area contributed by atoms with E-state index in [-0.39, 0.29) is 5.60 Å². The fourth-order valence-corrected chi connectivity index (χ4v) is 2.87. The minimum absolute atomic E-state index is 0.0830. The lowest BCUT2D eigenvalue weighted by Crippen LogP contribution is -2.49. The molecule has 1 rings (SSSR count). The van der Waals surface area contributed by atoms with Crippen molar-refractivity contribution in [3.05, 3.63) is 0 Å². The summed E-state index contributed by atoms with van der Waals surface area (Å²) < 4.78 is 6.52. The molecule has 0 aromatic rings. The number of ether oxygens (including phenoxy) is 1. The molecule has 0 aromatic heterocycles. The molecule has 0 aromatic carbocycles. The first-order chi connectivity index (χ1) is 8.88. The summed E-state index contributed by atoms with van der Waals surface area (Å²) in [7, 11) is 0. The van der Waals surface area contributed by atoms with Crippen molar-refractivity contribution in [2.24, 2.45) is 11.8 Å². The van der Waals surface area contributed by atoms with E-state index in [0.717, 1.165) is 12.5 Å². The Hall–Kier alpha value is -0.0800. The van der Waals surface area contributed by atoms with Crippen LogP contribution < -0.4 is 5.32 Å². The fraction of sp³-hybridized carbons (Fsp3) is 1.00. The van der Waals surface area contributed by atoms with Crippen LogP contribution in [0.4, 0.5) is 0 Å². The van der Waals surface area contributed by atoms with E-state index in [0.29, 0.717) is 18.1 Å². The van der Waals surface area contributed by atoms with E-state index >= 15 is 0 Å². The molecule has 1 unspecified atom stereocenters. The van der Waals surface area contributed by atoms with Crippen molar-refractivity contribution >= 4 is 0 Å². The van der Waals surface area contributed by atoms with Gasteiger partial charge in [-0.2, -0.15) is 0 Å². The molecule has 0 radical (unpaired) electrons. The number of hydrogen-bond acceptors (Lipinski definition) is 2. The fourth-order valence-electron chi connectivity index (χ4n) is 2.87. The Morgan fingerprint density at radius 2 is 1.68 bits per heavy atom. The Morgan fingerprint density at radius 1 is 1.11 bits per heavy atom. The largest absolute Gasteiger partial charge is 0.370 e. The molecule has 1 N–H and O–H groups in total. The highest BCUT2D eigenvalue weighted by molar-refractivity contribution is 4.90. The predicted octanol–water partition coefficient (Wildman–Crippen LogP) is 4.38.